The van der Waals surface area contributed by atoms with Crippen molar-refractivity contribution in [2.24, 2.45) is 5.73 Å². The van der Waals surface area contributed by atoms with Crippen molar-refractivity contribution < 1.29 is 19.6 Å². The average molecular weight is 302 g/mol. The number of aliphatic carboxylic acids is 1. The summed E-state index contributed by atoms with van der Waals surface area (Å²) in [5.74, 6) is -0.756. The van der Waals surface area contributed by atoms with Gasteiger partial charge >= 0.3 is 5.97 Å². The lowest BCUT2D eigenvalue weighted by molar-refractivity contribution is -0.384. The van der Waals surface area contributed by atoms with Gasteiger partial charge in [0.25, 0.3) is 5.69 Å². The van der Waals surface area contributed by atoms with Crippen LogP contribution in [0.15, 0.2) is 48.5 Å². The van der Waals surface area contributed by atoms with Gasteiger partial charge in [-0.05, 0) is 23.3 Å². The van der Waals surface area contributed by atoms with Gasteiger partial charge in [0.1, 0.15) is 5.75 Å². The van der Waals surface area contributed by atoms with E-state index in [0.717, 1.165) is 0 Å². The molecule has 7 nitrogen and oxygen atoms in total. The van der Waals surface area contributed by atoms with Gasteiger partial charge in [-0.1, -0.05) is 24.3 Å². The molecule has 114 valence electrons. The molecular weight excluding hydrogens is 288 g/mol. The Balaban J connectivity index is 2.58. The second-order valence-corrected chi connectivity index (χ2v) is 4.65. The molecule has 0 aliphatic carbocycles. The molecule has 1 atom stereocenters. The van der Waals surface area contributed by atoms with Gasteiger partial charge in [-0.2, -0.15) is 0 Å². The fraction of sp³-hybridized carbons (Fsp3) is 0.133. The van der Waals surface area contributed by atoms with Crippen LogP contribution < -0.4 is 10.5 Å². The zero-order valence-electron chi connectivity index (χ0n) is 11.7. The Hall–Kier alpha value is -2.93. The maximum absolute atomic E-state index is 11.7. The average Bonchev–Trinajstić information content (AvgIpc) is 2.54. The van der Waals surface area contributed by atoms with Gasteiger partial charge in [-0.3, -0.25) is 10.1 Å². The zero-order valence-corrected chi connectivity index (χ0v) is 11.7. The summed E-state index contributed by atoms with van der Waals surface area (Å²) in [5.41, 5.74) is 4.39. The highest BCUT2D eigenvalue weighted by Gasteiger charge is 2.39. The summed E-state index contributed by atoms with van der Waals surface area (Å²) >= 11 is 0. The molecule has 0 spiro atoms. The second-order valence-electron chi connectivity index (χ2n) is 4.65. The number of benzene rings is 2. The van der Waals surface area contributed by atoms with Crippen molar-refractivity contribution in [1.29, 1.82) is 0 Å². The topological polar surface area (TPSA) is 116 Å². The molecule has 0 saturated carbocycles. The number of rotatable bonds is 5. The molecule has 0 amide bonds. The SMILES string of the molecule is COc1ccc(C(N)(C(=O)O)c2cccc([N+](=O)[O-])c2)cc1. The highest BCUT2D eigenvalue weighted by Crippen LogP contribution is 2.30. The Labute approximate surface area is 126 Å². The molecule has 2 aromatic carbocycles. The number of carboxylic acids is 1. The first-order chi connectivity index (χ1) is 10.4. The third-order valence-corrected chi connectivity index (χ3v) is 3.40. The molecule has 0 radical (unpaired) electrons. The number of nitro groups is 1. The van der Waals surface area contributed by atoms with Crippen molar-refractivity contribution in [2.45, 2.75) is 5.54 Å². The monoisotopic (exact) mass is 302 g/mol. The van der Waals surface area contributed by atoms with Crippen LogP contribution in [-0.2, 0) is 10.3 Å². The quantitative estimate of drug-likeness (QED) is 0.643. The molecule has 3 N–H and O–H groups in total. The molecule has 1 unspecified atom stereocenters. The predicted molar refractivity (Wildman–Crippen MR) is 78.7 cm³/mol. The molecular formula is C15H14N2O5. The van der Waals surface area contributed by atoms with Gasteiger partial charge in [-0.15, -0.1) is 0 Å². The van der Waals surface area contributed by atoms with E-state index >= 15 is 0 Å². The van der Waals surface area contributed by atoms with Crippen molar-refractivity contribution in [1.82, 2.24) is 0 Å². The lowest BCUT2D eigenvalue weighted by Crippen LogP contribution is -2.45. The summed E-state index contributed by atoms with van der Waals surface area (Å²) in [6.45, 7) is 0. The summed E-state index contributed by atoms with van der Waals surface area (Å²) in [6, 6.07) is 11.5. The minimum Gasteiger partial charge on any atom is -0.497 e. The number of non-ortho nitro benzene ring substituents is 1. The number of hydrogen-bond donors (Lipinski definition) is 2. The van der Waals surface area contributed by atoms with E-state index in [4.69, 9.17) is 10.5 Å². The molecule has 0 saturated heterocycles. The van der Waals surface area contributed by atoms with Crippen LogP contribution in [-0.4, -0.2) is 23.1 Å². The first-order valence-electron chi connectivity index (χ1n) is 6.31. The van der Waals surface area contributed by atoms with E-state index in [-0.39, 0.29) is 11.3 Å². The van der Waals surface area contributed by atoms with Crippen molar-refractivity contribution in [3.8, 4) is 5.75 Å². The third-order valence-electron chi connectivity index (χ3n) is 3.40. The van der Waals surface area contributed by atoms with Crippen molar-refractivity contribution in [3.63, 3.8) is 0 Å². The number of ether oxygens (including phenoxy) is 1. The van der Waals surface area contributed by atoms with E-state index in [1.54, 1.807) is 12.1 Å². The van der Waals surface area contributed by atoms with Gasteiger partial charge in [-0.25, -0.2) is 4.79 Å². The largest absolute Gasteiger partial charge is 0.497 e. The van der Waals surface area contributed by atoms with Crippen molar-refractivity contribution >= 4 is 11.7 Å². The third kappa shape index (κ3) is 2.61. The highest BCUT2D eigenvalue weighted by atomic mass is 16.6. The molecule has 2 aromatic rings. The zero-order chi connectivity index (χ0) is 16.3. The van der Waals surface area contributed by atoms with Crippen LogP contribution in [0.25, 0.3) is 0 Å². The summed E-state index contributed by atoms with van der Waals surface area (Å²) in [7, 11) is 1.49. The van der Waals surface area contributed by atoms with Crippen LogP contribution >= 0.6 is 0 Å². The van der Waals surface area contributed by atoms with E-state index in [9.17, 15) is 20.0 Å². The number of nitrogens with two attached hydrogens (primary N) is 1. The molecule has 0 heterocycles. The minimum atomic E-state index is -1.89. The fourth-order valence-electron chi connectivity index (χ4n) is 2.13. The van der Waals surface area contributed by atoms with Crippen LogP contribution in [0.4, 0.5) is 5.69 Å². The number of hydrogen-bond acceptors (Lipinski definition) is 5. The minimum absolute atomic E-state index is 0.124. The van der Waals surface area contributed by atoms with Crippen molar-refractivity contribution in [2.75, 3.05) is 7.11 Å². The maximum atomic E-state index is 11.7. The van der Waals surface area contributed by atoms with Crippen LogP contribution in [0.2, 0.25) is 0 Å². The van der Waals surface area contributed by atoms with Crippen molar-refractivity contribution in [3.05, 3.63) is 69.8 Å². The molecule has 7 heteroatoms. The Morgan fingerprint density at radius 2 is 1.86 bits per heavy atom. The van der Waals surface area contributed by atoms with Crippen LogP contribution in [0.1, 0.15) is 11.1 Å². The lowest BCUT2D eigenvalue weighted by Gasteiger charge is -2.25. The summed E-state index contributed by atoms with van der Waals surface area (Å²) < 4.78 is 5.02. The summed E-state index contributed by atoms with van der Waals surface area (Å²) in [4.78, 5) is 22.0. The molecule has 2 rings (SSSR count). The standard InChI is InChI=1S/C15H14N2O5/c1-22-13-7-5-10(6-8-13)15(16,14(18)19)11-3-2-4-12(9-11)17(20)21/h2-9H,16H2,1H3,(H,18,19). The molecule has 0 fully saturated rings. The first kappa shape index (κ1) is 15.5. The highest BCUT2D eigenvalue weighted by molar-refractivity contribution is 5.85. The Morgan fingerprint density at radius 3 is 2.36 bits per heavy atom. The molecule has 0 aromatic heterocycles. The van der Waals surface area contributed by atoms with Crippen LogP contribution in [0.5, 0.6) is 5.75 Å². The molecule has 0 bridgehead atoms. The Morgan fingerprint density at radius 1 is 1.23 bits per heavy atom. The maximum Gasteiger partial charge on any atom is 0.333 e. The predicted octanol–water partition coefficient (Wildman–Crippen LogP) is 1.89. The smallest absolute Gasteiger partial charge is 0.333 e. The van der Waals surface area contributed by atoms with E-state index in [2.05, 4.69) is 0 Å². The number of nitro benzene ring substituents is 1. The molecule has 0 aliphatic heterocycles. The van der Waals surface area contributed by atoms with E-state index in [1.807, 2.05) is 0 Å². The van der Waals surface area contributed by atoms with Crippen LogP contribution in [0.3, 0.4) is 0 Å². The first-order valence-corrected chi connectivity index (χ1v) is 6.31. The number of nitrogens with zero attached hydrogens (tertiary/aromatic N) is 1. The normalized spacial score (nSPS) is 13.2. The van der Waals surface area contributed by atoms with Gasteiger partial charge in [0.2, 0.25) is 0 Å². The fourth-order valence-corrected chi connectivity index (χ4v) is 2.13. The van der Waals surface area contributed by atoms with Crippen LogP contribution in [0, 0.1) is 10.1 Å². The van der Waals surface area contributed by atoms with Gasteiger partial charge in [0.05, 0.1) is 12.0 Å². The van der Waals surface area contributed by atoms with E-state index in [1.165, 1.54) is 43.5 Å². The van der Waals surface area contributed by atoms with Gasteiger partial charge in [0, 0.05) is 12.1 Å². The van der Waals surface area contributed by atoms with E-state index < -0.39 is 16.4 Å². The molecule has 22 heavy (non-hydrogen) atoms. The lowest BCUT2D eigenvalue weighted by atomic mass is 9.83. The van der Waals surface area contributed by atoms with E-state index in [0.29, 0.717) is 11.3 Å². The summed E-state index contributed by atoms with van der Waals surface area (Å²) in [5, 5.41) is 20.4. The number of methoxy groups -OCH3 is 1. The summed E-state index contributed by atoms with van der Waals surface area (Å²) in [6.07, 6.45) is 0. The van der Waals surface area contributed by atoms with Gasteiger partial charge in [0.15, 0.2) is 5.54 Å². The number of carbonyl (C=O) groups is 1. The number of carboxylic acid groups (broad SMARTS) is 1. The second kappa shape index (κ2) is 5.82. The molecule has 0 aliphatic rings. The Kier molecular flexibility index (Phi) is 4.09. The van der Waals surface area contributed by atoms with Gasteiger partial charge < -0.3 is 15.6 Å². The Bertz CT molecular complexity index is 714.